The van der Waals surface area contributed by atoms with Gasteiger partial charge in [-0.25, -0.2) is 19.9 Å². The smallest absolute Gasteiger partial charge is 0.290 e. The van der Waals surface area contributed by atoms with Crippen molar-refractivity contribution in [2.45, 2.75) is 13.8 Å². The number of H-pyrrole nitrogens is 2. The van der Waals surface area contributed by atoms with Gasteiger partial charge in [-0.3, -0.25) is 19.8 Å². The van der Waals surface area contributed by atoms with Crippen molar-refractivity contribution in [3.05, 3.63) is 123 Å². The Morgan fingerprint density at radius 2 is 0.848 bits per heavy atom. The van der Waals surface area contributed by atoms with E-state index in [1.54, 1.807) is 62.9 Å². The Labute approximate surface area is 293 Å². The van der Waals surface area contributed by atoms with Crippen molar-refractivity contribution >= 4 is 86.5 Å². The van der Waals surface area contributed by atoms with Gasteiger partial charge in [-0.2, -0.15) is 19.6 Å². The maximum atomic E-state index is 12.4. The zero-order valence-corrected chi connectivity index (χ0v) is 30.1. The third-order valence-electron chi connectivity index (χ3n) is 5.88. The van der Waals surface area contributed by atoms with Crippen LogP contribution < -0.4 is 11.1 Å². The SMILES string of the molecule is Cc1[nH]n(-c2ncc(Br)cn2)c(=O)c1N=Nc1ccc(Br)cc1.Cc1[nH]n(-c2ncc(Br)cn2)c(=O)c1N=Nc1ccc(Br)cc1. The highest BCUT2D eigenvalue weighted by atomic mass is 79.9. The van der Waals surface area contributed by atoms with E-state index in [0.29, 0.717) is 22.8 Å². The lowest BCUT2D eigenvalue weighted by molar-refractivity contribution is 0.772. The van der Waals surface area contributed by atoms with Gasteiger partial charge in [-0.15, -0.1) is 10.2 Å². The number of rotatable bonds is 6. The molecule has 2 aromatic carbocycles. The highest BCUT2D eigenvalue weighted by Crippen LogP contribution is 2.22. The molecule has 6 rings (SSSR count). The van der Waals surface area contributed by atoms with Gasteiger partial charge in [-0.1, -0.05) is 31.9 Å². The van der Waals surface area contributed by atoms with Crippen LogP contribution in [0.15, 0.2) is 121 Å². The number of aromatic nitrogens is 8. The van der Waals surface area contributed by atoms with Crippen LogP contribution in [0.2, 0.25) is 0 Å². The van der Waals surface area contributed by atoms with Crippen LogP contribution in [0.5, 0.6) is 0 Å². The van der Waals surface area contributed by atoms with Gasteiger partial charge in [0.1, 0.15) is 0 Å². The Hall–Kier alpha value is -4.26. The monoisotopic (exact) mass is 872 g/mol. The molecule has 232 valence electrons. The van der Waals surface area contributed by atoms with Crippen LogP contribution in [0.3, 0.4) is 0 Å². The minimum absolute atomic E-state index is 0.222. The first-order chi connectivity index (χ1) is 22.1. The molecular weight excluding hydrogens is 856 g/mol. The standard InChI is InChI=1S/2C14H10Br2N6O/c2*1-8-12(20-19-11-4-2-9(15)3-5-11)13(23)22(21-8)14-17-6-10(16)7-18-14/h2*2-7,21H,1H3. The number of benzene rings is 2. The first kappa shape index (κ1) is 33.1. The highest BCUT2D eigenvalue weighted by Gasteiger charge is 2.15. The van der Waals surface area contributed by atoms with E-state index in [4.69, 9.17) is 0 Å². The first-order valence-corrected chi connectivity index (χ1v) is 16.2. The van der Waals surface area contributed by atoms with Crippen molar-refractivity contribution in [1.29, 1.82) is 0 Å². The summed E-state index contributed by atoms with van der Waals surface area (Å²) in [6.07, 6.45) is 6.25. The van der Waals surface area contributed by atoms with E-state index in [9.17, 15) is 9.59 Å². The quantitative estimate of drug-likeness (QED) is 0.159. The van der Waals surface area contributed by atoms with Gasteiger partial charge in [-0.05, 0) is 94.2 Å². The number of nitrogens with zero attached hydrogens (tertiary/aromatic N) is 10. The Balaban J connectivity index is 0.000000181. The van der Waals surface area contributed by atoms with Crippen molar-refractivity contribution < 1.29 is 0 Å². The van der Waals surface area contributed by atoms with Crippen LogP contribution in [0.25, 0.3) is 11.9 Å². The maximum absolute atomic E-state index is 12.4. The summed E-state index contributed by atoms with van der Waals surface area (Å²) in [7, 11) is 0. The minimum Gasteiger partial charge on any atom is -0.290 e. The second kappa shape index (κ2) is 14.9. The predicted octanol–water partition coefficient (Wildman–Crippen LogP) is 8.41. The third kappa shape index (κ3) is 8.11. The van der Waals surface area contributed by atoms with Crippen LogP contribution in [0.1, 0.15) is 11.4 Å². The van der Waals surface area contributed by atoms with Gasteiger partial charge in [0.05, 0.1) is 31.7 Å². The summed E-state index contributed by atoms with van der Waals surface area (Å²) in [5.74, 6) is 0.484. The van der Waals surface area contributed by atoms with Crippen LogP contribution in [-0.4, -0.2) is 39.5 Å². The Bertz CT molecular complexity index is 1980. The molecule has 0 amide bonds. The van der Waals surface area contributed by atoms with E-state index < -0.39 is 0 Å². The molecule has 14 nitrogen and oxygen atoms in total. The number of halogens is 4. The first-order valence-electron chi connectivity index (χ1n) is 13.0. The molecule has 0 saturated heterocycles. The summed E-state index contributed by atoms with van der Waals surface area (Å²) in [5.41, 5.74) is 2.21. The molecule has 0 radical (unpaired) electrons. The Morgan fingerprint density at radius 3 is 1.17 bits per heavy atom. The lowest BCUT2D eigenvalue weighted by Gasteiger charge is -1.97. The van der Waals surface area contributed by atoms with Crippen LogP contribution in [0.4, 0.5) is 22.7 Å². The number of nitrogens with one attached hydrogen (secondary N) is 2. The summed E-state index contributed by atoms with van der Waals surface area (Å²) in [5, 5.41) is 22.1. The second-order valence-corrected chi connectivity index (χ2v) is 12.9. The van der Waals surface area contributed by atoms with Crippen molar-refractivity contribution in [2.75, 3.05) is 0 Å². The average Bonchev–Trinajstić information content (AvgIpc) is 3.50. The summed E-state index contributed by atoms with van der Waals surface area (Å²) in [6, 6.07) is 14.6. The average molecular weight is 876 g/mol. The van der Waals surface area contributed by atoms with Crippen LogP contribution in [-0.2, 0) is 0 Å². The molecule has 18 heteroatoms. The number of hydrogen-bond acceptors (Lipinski definition) is 10. The molecule has 4 heterocycles. The molecule has 46 heavy (non-hydrogen) atoms. The van der Waals surface area contributed by atoms with Gasteiger partial charge >= 0.3 is 11.1 Å². The van der Waals surface area contributed by atoms with Gasteiger partial charge in [0.25, 0.3) is 11.9 Å². The fraction of sp³-hybridized carbons (Fsp3) is 0.0714. The molecule has 0 spiro atoms. The molecule has 0 unspecified atom stereocenters. The largest absolute Gasteiger partial charge is 0.301 e. The molecule has 0 saturated carbocycles. The van der Waals surface area contributed by atoms with Crippen molar-refractivity contribution in [2.24, 2.45) is 20.5 Å². The van der Waals surface area contributed by atoms with Gasteiger partial charge in [0, 0.05) is 33.7 Å². The maximum Gasteiger partial charge on any atom is 0.301 e. The van der Waals surface area contributed by atoms with E-state index in [2.05, 4.69) is 114 Å². The zero-order valence-electron chi connectivity index (χ0n) is 23.7. The van der Waals surface area contributed by atoms with E-state index in [0.717, 1.165) is 17.9 Å². The summed E-state index contributed by atoms with van der Waals surface area (Å²) in [4.78, 5) is 41.2. The van der Waals surface area contributed by atoms with Crippen molar-refractivity contribution in [3.8, 4) is 11.9 Å². The molecule has 0 aliphatic carbocycles. The third-order valence-corrected chi connectivity index (χ3v) is 7.75. The predicted molar refractivity (Wildman–Crippen MR) is 185 cm³/mol. The van der Waals surface area contributed by atoms with Gasteiger partial charge in [0.2, 0.25) is 0 Å². The van der Waals surface area contributed by atoms with Crippen LogP contribution in [0, 0.1) is 13.8 Å². The van der Waals surface area contributed by atoms with E-state index in [-0.39, 0.29) is 34.4 Å². The topological polar surface area (TPSA) is 177 Å². The number of aryl methyl sites for hydroxylation is 2. The van der Waals surface area contributed by atoms with E-state index >= 15 is 0 Å². The summed E-state index contributed by atoms with van der Waals surface area (Å²) < 4.78 is 5.82. The second-order valence-electron chi connectivity index (χ2n) is 9.21. The lowest BCUT2D eigenvalue weighted by atomic mass is 10.3. The van der Waals surface area contributed by atoms with E-state index in [1.165, 1.54) is 9.36 Å². The molecule has 4 aromatic heterocycles. The molecule has 0 fully saturated rings. The molecule has 0 bridgehead atoms. The molecule has 0 atom stereocenters. The molecule has 2 N–H and O–H groups in total. The molecular formula is C28H20Br4N12O2. The van der Waals surface area contributed by atoms with Gasteiger partial charge in [0.15, 0.2) is 11.4 Å². The fourth-order valence-corrected chi connectivity index (χ4v) is 4.60. The number of azo groups is 2. The number of hydrogen-bond donors (Lipinski definition) is 2. The summed E-state index contributed by atoms with van der Waals surface area (Å²) >= 11 is 13.2. The fourth-order valence-electron chi connectivity index (χ4n) is 3.67. The number of aromatic amines is 2. The summed E-state index contributed by atoms with van der Waals surface area (Å²) in [6.45, 7) is 3.49. The van der Waals surface area contributed by atoms with Gasteiger partial charge < -0.3 is 0 Å². The van der Waals surface area contributed by atoms with Crippen molar-refractivity contribution in [1.82, 2.24) is 39.5 Å². The molecule has 0 aliphatic heterocycles. The van der Waals surface area contributed by atoms with Crippen molar-refractivity contribution in [3.63, 3.8) is 0 Å². The Morgan fingerprint density at radius 1 is 0.522 bits per heavy atom. The Kier molecular flexibility index (Phi) is 10.7. The minimum atomic E-state index is -0.356. The zero-order chi connectivity index (χ0) is 32.8. The normalized spacial score (nSPS) is 11.3. The molecule has 6 aromatic rings. The lowest BCUT2D eigenvalue weighted by Crippen LogP contribution is -2.16. The molecule has 0 aliphatic rings. The van der Waals surface area contributed by atoms with Crippen LogP contribution >= 0.6 is 63.7 Å². The van der Waals surface area contributed by atoms with E-state index in [1.807, 2.05) is 24.3 Å². The highest BCUT2D eigenvalue weighted by molar-refractivity contribution is 9.11.